The Kier molecular flexibility index (Phi) is 7.95. The Morgan fingerprint density at radius 2 is 1.72 bits per heavy atom. The molecule has 0 radical (unpaired) electrons. The quantitative estimate of drug-likeness (QED) is 0.468. The number of thioether (sulfide) groups is 1. The van der Waals surface area contributed by atoms with Gasteiger partial charge in [-0.3, -0.25) is 9.78 Å². The van der Waals surface area contributed by atoms with Crippen molar-refractivity contribution in [2.45, 2.75) is 24.0 Å². The van der Waals surface area contributed by atoms with E-state index in [0.29, 0.717) is 12.4 Å². The van der Waals surface area contributed by atoms with E-state index in [1.54, 1.807) is 30.1 Å². The average Bonchev–Trinajstić information content (AvgIpc) is 2.77. The van der Waals surface area contributed by atoms with Crippen molar-refractivity contribution in [3.63, 3.8) is 0 Å². The monoisotopic (exact) mass is 408 g/mol. The van der Waals surface area contributed by atoms with Gasteiger partial charge in [-0.2, -0.15) is 0 Å². The lowest BCUT2D eigenvalue weighted by atomic mass is 10.3. The fraction of sp³-hybridized carbons (Fsp3) is 0.217. The van der Waals surface area contributed by atoms with Gasteiger partial charge >= 0.3 is 0 Å². The number of benzene rings is 2. The summed E-state index contributed by atoms with van der Waals surface area (Å²) in [7, 11) is 0. The highest BCUT2D eigenvalue weighted by atomic mass is 32.2. The van der Waals surface area contributed by atoms with Gasteiger partial charge in [0, 0.05) is 28.7 Å². The van der Waals surface area contributed by atoms with E-state index in [9.17, 15) is 4.79 Å². The fourth-order valence-electron chi connectivity index (χ4n) is 2.48. The van der Waals surface area contributed by atoms with E-state index >= 15 is 0 Å². The predicted octanol–water partition coefficient (Wildman–Crippen LogP) is 5.18. The molecule has 0 aliphatic carbocycles. The second kappa shape index (κ2) is 11.1. The summed E-state index contributed by atoms with van der Waals surface area (Å²) in [4.78, 5) is 17.4. The van der Waals surface area contributed by atoms with E-state index in [0.717, 1.165) is 28.5 Å². The van der Waals surface area contributed by atoms with Crippen LogP contribution in [0.1, 0.15) is 18.9 Å². The maximum atomic E-state index is 12.1. The van der Waals surface area contributed by atoms with Crippen LogP contribution < -0.4 is 14.8 Å². The van der Waals surface area contributed by atoms with Crippen molar-refractivity contribution in [3.05, 3.63) is 78.6 Å². The zero-order valence-corrected chi connectivity index (χ0v) is 17.2. The Balaban J connectivity index is 1.42. The molecule has 0 spiro atoms. The Hall–Kier alpha value is -2.99. The normalized spacial score (nSPS) is 10.4. The zero-order chi connectivity index (χ0) is 20.3. The third kappa shape index (κ3) is 7.16. The highest BCUT2D eigenvalue weighted by Crippen LogP contribution is 2.24. The van der Waals surface area contributed by atoms with Crippen LogP contribution in [0.2, 0.25) is 0 Å². The van der Waals surface area contributed by atoms with Crippen molar-refractivity contribution >= 4 is 23.4 Å². The molecular weight excluding hydrogens is 384 g/mol. The summed E-state index contributed by atoms with van der Waals surface area (Å²) in [6.07, 6.45) is 4.60. The van der Waals surface area contributed by atoms with Gasteiger partial charge in [-0.25, -0.2) is 0 Å². The average molecular weight is 409 g/mol. The Morgan fingerprint density at radius 1 is 1.00 bits per heavy atom. The van der Waals surface area contributed by atoms with Crippen molar-refractivity contribution in [1.29, 1.82) is 0 Å². The first-order chi connectivity index (χ1) is 14.2. The maximum absolute atomic E-state index is 12.1. The number of anilines is 1. The van der Waals surface area contributed by atoms with Gasteiger partial charge in [0.15, 0.2) is 6.61 Å². The van der Waals surface area contributed by atoms with Crippen LogP contribution in [0.25, 0.3) is 0 Å². The summed E-state index contributed by atoms with van der Waals surface area (Å²) in [6.45, 7) is 2.70. The second-order valence-corrected chi connectivity index (χ2v) is 7.38. The van der Waals surface area contributed by atoms with Gasteiger partial charge < -0.3 is 14.8 Å². The number of aromatic nitrogens is 1. The summed E-state index contributed by atoms with van der Waals surface area (Å²) in [5.41, 5.74) is 1.92. The van der Waals surface area contributed by atoms with Crippen molar-refractivity contribution in [2.24, 2.45) is 0 Å². The highest BCUT2D eigenvalue weighted by Gasteiger charge is 2.05. The third-order valence-corrected chi connectivity index (χ3v) is 5.02. The zero-order valence-electron chi connectivity index (χ0n) is 16.3. The fourth-order valence-corrected chi connectivity index (χ4v) is 3.32. The van der Waals surface area contributed by atoms with Crippen LogP contribution in [0.15, 0.2) is 78.0 Å². The molecule has 29 heavy (non-hydrogen) atoms. The number of rotatable bonds is 10. The molecule has 150 valence electrons. The molecule has 1 heterocycles. The molecule has 0 unspecified atom stereocenters. The summed E-state index contributed by atoms with van der Waals surface area (Å²) in [5.74, 6) is 2.08. The summed E-state index contributed by atoms with van der Waals surface area (Å²) < 4.78 is 11.1. The number of amides is 1. The molecule has 1 amide bonds. The number of hydrogen-bond donors (Lipinski definition) is 1. The van der Waals surface area contributed by atoms with Crippen LogP contribution >= 0.6 is 11.8 Å². The Bertz CT molecular complexity index is 884. The molecule has 1 N–H and O–H groups in total. The van der Waals surface area contributed by atoms with Crippen molar-refractivity contribution in [2.75, 3.05) is 18.5 Å². The minimum Gasteiger partial charge on any atom is -0.494 e. The van der Waals surface area contributed by atoms with E-state index in [4.69, 9.17) is 9.47 Å². The van der Waals surface area contributed by atoms with Gasteiger partial charge in [0.05, 0.1) is 6.61 Å². The largest absolute Gasteiger partial charge is 0.494 e. The molecule has 3 rings (SSSR count). The summed E-state index contributed by atoms with van der Waals surface area (Å²) in [5, 5.41) is 2.84. The van der Waals surface area contributed by atoms with E-state index in [-0.39, 0.29) is 12.5 Å². The van der Waals surface area contributed by atoms with Gasteiger partial charge in [-0.1, -0.05) is 13.0 Å². The van der Waals surface area contributed by atoms with Gasteiger partial charge in [0.2, 0.25) is 0 Å². The molecule has 0 fully saturated rings. The number of pyridine rings is 1. The topological polar surface area (TPSA) is 60.5 Å². The van der Waals surface area contributed by atoms with E-state index in [1.807, 2.05) is 48.7 Å². The van der Waals surface area contributed by atoms with Gasteiger partial charge in [-0.05, 0) is 66.6 Å². The molecule has 0 atom stereocenters. The maximum Gasteiger partial charge on any atom is 0.262 e. The SMILES string of the molecule is CCCOc1ccc(OCC(=O)Nc2ccc(SCc3cccnc3)cc2)cc1. The molecule has 2 aromatic carbocycles. The van der Waals surface area contributed by atoms with Crippen LogP contribution in [0, 0.1) is 0 Å². The molecule has 3 aromatic rings. The standard InChI is InChI=1S/C23H24N2O3S/c1-2-14-27-20-7-9-21(10-8-20)28-16-23(26)25-19-5-11-22(12-6-19)29-17-18-4-3-13-24-15-18/h3-13,15H,2,14,16-17H2,1H3,(H,25,26). The lowest BCUT2D eigenvalue weighted by Gasteiger charge is -2.09. The van der Waals surface area contributed by atoms with Crippen molar-refractivity contribution < 1.29 is 14.3 Å². The van der Waals surface area contributed by atoms with E-state index < -0.39 is 0 Å². The second-order valence-electron chi connectivity index (χ2n) is 6.33. The molecule has 0 aliphatic heterocycles. The molecule has 0 aliphatic rings. The molecule has 0 saturated heterocycles. The summed E-state index contributed by atoms with van der Waals surface area (Å²) in [6, 6.07) is 19.0. The van der Waals surface area contributed by atoms with Gasteiger partial charge in [-0.15, -0.1) is 11.8 Å². The molecule has 0 bridgehead atoms. The van der Waals surface area contributed by atoms with Gasteiger partial charge in [0.1, 0.15) is 11.5 Å². The Morgan fingerprint density at radius 3 is 2.38 bits per heavy atom. The molecule has 1 aromatic heterocycles. The minimum absolute atomic E-state index is 0.0489. The number of hydrogen-bond acceptors (Lipinski definition) is 5. The van der Waals surface area contributed by atoms with Crippen LogP contribution in [-0.2, 0) is 10.5 Å². The first-order valence-electron chi connectivity index (χ1n) is 9.50. The molecule has 5 nitrogen and oxygen atoms in total. The van der Waals surface area contributed by atoms with Crippen LogP contribution in [0.4, 0.5) is 5.69 Å². The smallest absolute Gasteiger partial charge is 0.262 e. The van der Waals surface area contributed by atoms with Crippen LogP contribution in [-0.4, -0.2) is 24.1 Å². The lowest BCUT2D eigenvalue weighted by Crippen LogP contribution is -2.20. The summed E-state index contributed by atoms with van der Waals surface area (Å²) >= 11 is 1.73. The first-order valence-corrected chi connectivity index (χ1v) is 10.5. The van der Waals surface area contributed by atoms with E-state index in [2.05, 4.69) is 23.3 Å². The molecule has 6 heteroatoms. The minimum atomic E-state index is -0.202. The highest BCUT2D eigenvalue weighted by molar-refractivity contribution is 7.98. The molecule has 0 saturated carbocycles. The van der Waals surface area contributed by atoms with E-state index in [1.165, 1.54) is 5.56 Å². The number of nitrogens with one attached hydrogen (secondary N) is 1. The number of carbonyl (C=O) groups is 1. The van der Waals surface area contributed by atoms with Gasteiger partial charge in [0.25, 0.3) is 5.91 Å². The van der Waals surface area contributed by atoms with Crippen LogP contribution in [0.3, 0.4) is 0 Å². The molecular formula is C23H24N2O3S. The number of carbonyl (C=O) groups excluding carboxylic acids is 1. The first kappa shape index (κ1) is 20.7. The Labute approximate surface area is 175 Å². The number of nitrogens with zero attached hydrogens (tertiary/aromatic N) is 1. The lowest BCUT2D eigenvalue weighted by molar-refractivity contribution is -0.118. The third-order valence-electron chi connectivity index (χ3n) is 3.93. The van der Waals surface area contributed by atoms with Crippen LogP contribution in [0.5, 0.6) is 11.5 Å². The predicted molar refractivity (Wildman–Crippen MR) is 117 cm³/mol. The van der Waals surface area contributed by atoms with Crippen molar-refractivity contribution in [1.82, 2.24) is 4.98 Å². The number of ether oxygens (including phenoxy) is 2. The van der Waals surface area contributed by atoms with Crippen molar-refractivity contribution in [3.8, 4) is 11.5 Å².